The summed E-state index contributed by atoms with van der Waals surface area (Å²) in [5, 5.41) is 0.403. The van der Waals surface area contributed by atoms with E-state index in [4.69, 9.17) is 11.6 Å². The molecule has 2 aromatic carbocycles. The Morgan fingerprint density at radius 1 is 1.03 bits per heavy atom. The second kappa shape index (κ2) is 7.83. The summed E-state index contributed by atoms with van der Waals surface area (Å²) in [7, 11) is -4.06. The molecule has 1 aliphatic heterocycles. The molecule has 154 valence electrons. The van der Waals surface area contributed by atoms with E-state index in [-0.39, 0.29) is 11.3 Å². The molecule has 2 amide bonds. The molecule has 0 spiro atoms. The number of carbonyl (C=O) groups excluding carboxylic acids is 2. The maximum Gasteiger partial charge on any atom is 0.252 e. The Kier molecular flexibility index (Phi) is 5.93. The predicted octanol–water partition coefficient (Wildman–Crippen LogP) is 4.22. The number of imide groups is 1. The molecule has 0 N–H and O–H groups in total. The van der Waals surface area contributed by atoms with Crippen molar-refractivity contribution in [2.24, 2.45) is 0 Å². The molecule has 1 aliphatic rings. The minimum Gasteiger partial charge on any atom is -0.274 e. The van der Waals surface area contributed by atoms with Gasteiger partial charge < -0.3 is 0 Å². The van der Waals surface area contributed by atoms with E-state index in [0.717, 1.165) is 13.7 Å². The Bertz CT molecular complexity index is 1050. The molecule has 0 radical (unpaired) electrons. The van der Waals surface area contributed by atoms with Crippen molar-refractivity contribution in [2.45, 2.75) is 43.7 Å². The normalized spacial score (nSPS) is 18.0. The average molecular weight is 500 g/mol. The van der Waals surface area contributed by atoms with Gasteiger partial charge in [-0.25, -0.2) is 13.3 Å². The van der Waals surface area contributed by atoms with E-state index < -0.39 is 33.4 Å². The van der Waals surface area contributed by atoms with Crippen molar-refractivity contribution in [3.05, 3.63) is 58.0 Å². The van der Waals surface area contributed by atoms with Crippen LogP contribution in [0.4, 0.5) is 5.69 Å². The summed E-state index contributed by atoms with van der Waals surface area (Å²) < 4.78 is 28.8. The molecule has 1 heterocycles. The molecule has 29 heavy (non-hydrogen) atoms. The van der Waals surface area contributed by atoms with E-state index in [0.29, 0.717) is 10.7 Å². The SMILES string of the molecule is CC(C)(C)N(C1CC(=O)N(c2ccc(Br)cc2)C1=O)S(=O)(=O)c1ccc(Cl)cc1. The smallest absolute Gasteiger partial charge is 0.252 e. The summed E-state index contributed by atoms with van der Waals surface area (Å²) in [5.41, 5.74) is -0.530. The number of nitrogens with zero attached hydrogens (tertiary/aromatic N) is 2. The molecule has 0 saturated carbocycles. The van der Waals surface area contributed by atoms with Crippen LogP contribution in [0.5, 0.6) is 0 Å². The second-order valence-electron chi connectivity index (χ2n) is 7.69. The van der Waals surface area contributed by atoms with Crippen LogP contribution in [0.15, 0.2) is 57.9 Å². The van der Waals surface area contributed by atoms with E-state index in [1.54, 1.807) is 45.0 Å². The number of anilines is 1. The van der Waals surface area contributed by atoms with Crippen LogP contribution < -0.4 is 4.90 Å². The number of rotatable bonds is 4. The molecule has 1 atom stereocenters. The standard InChI is InChI=1S/C20H20BrClN2O4S/c1-20(2,3)24(29(27,28)16-10-6-14(22)7-11-16)17-12-18(25)23(19(17)26)15-8-4-13(21)5-9-15/h4-11,17H,12H2,1-3H3. The lowest BCUT2D eigenvalue weighted by atomic mass is 10.1. The Hall–Kier alpha value is -1.74. The minimum atomic E-state index is -4.06. The van der Waals surface area contributed by atoms with Gasteiger partial charge in [0.15, 0.2) is 0 Å². The van der Waals surface area contributed by atoms with Gasteiger partial charge in [-0.3, -0.25) is 9.59 Å². The van der Waals surface area contributed by atoms with E-state index in [1.807, 2.05) is 0 Å². The van der Waals surface area contributed by atoms with Gasteiger partial charge in [0.05, 0.1) is 17.0 Å². The molecule has 2 aromatic rings. The van der Waals surface area contributed by atoms with Gasteiger partial charge in [-0.05, 0) is 69.3 Å². The molecule has 9 heteroatoms. The number of halogens is 2. The van der Waals surface area contributed by atoms with Crippen molar-refractivity contribution >= 4 is 55.1 Å². The van der Waals surface area contributed by atoms with Crippen molar-refractivity contribution in [3.63, 3.8) is 0 Å². The van der Waals surface area contributed by atoms with E-state index in [1.165, 1.54) is 24.3 Å². The van der Waals surface area contributed by atoms with Gasteiger partial charge in [-0.2, -0.15) is 4.31 Å². The average Bonchev–Trinajstić information content (AvgIpc) is 2.89. The van der Waals surface area contributed by atoms with E-state index in [9.17, 15) is 18.0 Å². The molecule has 1 saturated heterocycles. The Morgan fingerprint density at radius 2 is 1.59 bits per heavy atom. The Balaban J connectivity index is 2.04. The second-order valence-corrected chi connectivity index (χ2v) is 10.9. The van der Waals surface area contributed by atoms with E-state index >= 15 is 0 Å². The largest absolute Gasteiger partial charge is 0.274 e. The highest BCUT2D eigenvalue weighted by Gasteiger charge is 2.50. The van der Waals surface area contributed by atoms with Gasteiger partial charge in [0.2, 0.25) is 15.9 Å². The van der Waals surface area contributed by atoms with Gasteiger partial charge >= 0.3 is 0 Å². The first-order valence-electron chi connectivity index (χ1n) is 8.85. The third kappa shape index (κ3) is 4.26. The molecule has 6 nitrogen and oxygen atoms in total. The van der Waals surface area contributed by atoms with Crippen LogP contribution >= 0.6 is 27.5 Å². The fraction of sp³-hybridized carbons (Fsp3) is 0.300. The molecule has 0 aromatic heterocycles. The third-order valence-electron chi connectivity index (χ3n) is 4.52. The number of sulfonamides is 1. The van der Waals surface area contributed by atoms with Crippen LogP contribution in [0.25, 0.3) is 0 Å². The topological polar surface area (TPSA) is 74.8 Å². The summed E-state index contributed by atoms with van der Waals surface area (Å²) in [5.74, 6) is -1.01. The zero-order chi connectivity index (χ0) is 21.6. The fourth-order valence-electron chi connectivity index (χ4n) is 3.38. The monoisotopic (exact) mass is 498 g/mol. The summed E-state index contributed by atoms with van der Waals surface area (Å²) in [6.45, 7) is 5.08. The maximum absolute atomic E-state index is 13.4. The first kappa shape index (κ1) is 22.0. The highest BCUT2D eigenvalue weighted by Crippen LogP contribution is 2.34. The molecule has 0 bridgehead atoms. The van der Waals surface area contributed by atoms with Gasteiger partial charge in [0.25, 0.3) is 5.91 Å². The molecule has 0 aliphatic carbocycles. The van der Waals surface area contributed by atoms with Crippen molar-refractivity contribution in [1.82, 2.24) is 4.31 Å². The Labute approximate surface area is 183 Å². The van der Waals surface area contributed by atoms with Crippen molar-refractivity contribution < 1.29 is 18.0 Å². The van der Waals surface area contributed by atoms with E-state index in [2.05, 4.69) is 15.9 Å². The Morgan fingerprint density at radius 3 is 2.10 bits per heavy atom. The summed E-state index contributed by atoms with van der Waals surface area (Å²) in [6.07, 6.45) is -0.223. The number of hydrogen-bond donors (Lipinski definition) is 0. The van der Waals surface area contributed by atoms with Gasteiger partial charge in [0, 0.05) is 15.0 Å². The fourth-order valence-corrected chi connectivity index (χ4v) is 5.69. The first-order valence-corrected chi connectivity index (χ1v) is 11.5. The quantitative estimate of drug-likeness (QED) is 0.590. The third-order valence-corrected chi connectivity index (χ3v) is 7.49. The summed E-state index contributed by atoms with van der Waals surface area (Å²) in [6, 6.07) is 11.3. The number of benzene rings is 2. The van der Waals surface area contributed by atoms with Crippen LogP contribution in [0, 0.1) is 0 Å². The molecule has 1 fully saturated rings. The molecular formula is C20H20BrClN2O4S. The van der Waals surface area contributed by atoms with Crippen LogP contribution in [-0.2, 0) is 19.6 Å². The lowest BCUT2D eigenvalue weighted by Crippen LogP contribution is -2.54. The molecule has 3 rings (SSSR count). The summed E-state index contributed by atoms with van der Waals surface area (Å²) >= 11 is 9.20. The zero-order valence-electron chi connectivity index (χ0n) is 16.1. The van der Waals surface area contributed by atoms with Crippen molar-refractivity contribution in [1.29, 1.82) is 0 Å². The van der Waals surface area contributed by atoms with Crippen LogP contribution in [-0.4, -0.2) is 36.1 Å². The van der Waals surface area contributed by atoms with Crippen molar-refractivity contribution in [3.8, 4) is 0 Å². The first-order chi connectivity index (χ1) is 13.4. The number of carbonyl (C=O) groups is 2. The minimum absolute atomic E-state index is 0.0131. The zero-order valence-corrected chi connectivity index (χ0v) is 19.3. The highest BCUT2D eigenvalue weighted by molar-refractivity contribution is 9.10. The number of hydrogen-bond acceptors (Lipinski definition) is 4. The summed E-state index contributed by atoms with van der Waals surface area (Å²) in [4.78, 5) is 26.9. The van der Waals surface area contributed by atoms with Gasteiger partial charge in [-0.1, -0.05) is 27.5 Å². The van der Waals surface area contributed by atoms with Crippen molar-refractivity contribution in [2.75, 3.05) is 4.90 Å². The molecular weight excluding hydrogens is 480 g/mol. The lowest BCUT2D eigenvalue weighted by Gasteiger charge is -2.37. The number of amides is 2. The van der Waals surface area contributed by atoms with Crippen LogP contribution in [0.2, 0.25) is 5.02 Å². The van der Waals surface area contributed by atoms with Gasteiger partial charge in [-0.15, -0.1) is 0 Å². The maximum atomic E-state index is 13.4. The lowest BCUT2D eigenvalue weighted by molar-refractivity contribution is -0.122. The molecule has 1 unspecified atom stereocenters. The van der Waals surface area contributed by atoms with Gasteiger partial charge in [0.1, 0.15) is 6.04 Å². The predicted molar refractivity (Wildman–Crippen MR) is 115 cm³/mol. The van der Waals surface area contributed by atoms with Crippen LogP contribution in [0.3, 0.4) is 0 Å². The van der Waals surface area contributed by atoms with Crippen LogP contribution in [0.1, 0.15) is 27.2 Å². The highest BCUT2D eigenvalue weighted by atomic mass is 79.9.